The van der Waals surface area contributed by atoms with E-state index in [-0.39, 0.29) is 0 Å². The van der Waals surface area contributed by atoms with Crippen LogP contribution in [0.5, 0.6) is 0 Å². The van der Waals surface area contributed by atoms with Crippen molar-refractivity contribution in [3.63, 3.8) is 0 Å². The molecule has 8 aromatic rings. The van der Waals surface area contributed by atoms with Gasteiger partial charge in [-0.3, -0.25) is 0 Å². The Labute approximate surface area is 208 Å². The van der Waals surface area contributed by atoms with Crippen molar-refractivity contribution in [2.45, 2.75) is 0 Å². The molecule has 0 aliphatic carbocycles. The van der Waals surface area contributed by atoms with Crippen molar-refractivity contribution >= 4 is 54.4 Å². The van der Waals surface area contributed by atoms with Gasteiger partial charge < -0.3 is 9.55 Å². The standard InChI is InChI=1S/C34H22N2/c1-2-9-25(10-3-1)36-32-18-16-24(21-29(32)34-26-11-5-4-8-22(26)15-19-33(34)36)23-14-17-31-28(20-23)27-12-6-7-13-30(27)35-31/h1-21,35H. The second-order valence-corrected chi connectivity index (χ2v) is 9.51. The van der Waals surface area contributed by atoms with Gasteiger partial charge in [0.2, 0.25) is 0 Å². The monoisotopic (exact) mass is 458 g/mol. The van der Waals surface area contributed by atoms with Crippen molar-refractivity contribution in [2.75, 3.05) is 0 Å². The molecule has 8 rings (SSSR count). The van der Waals surface area contributed by atoms with Gasteiger partial charge in [-0.2, -0.15) is 0 Å². The third-order valence-electron chi connectivity index (χ3n) is 7.51. The summed E-state index contributed by atoms with van der Waals surface area (Å²) in [5.74, 6) is 0. The lowest BCUT2D eigenvalue weighted by molar-refractivity contribution is 1.18. The van der Waals surface area contributed by atoms with Crippen molar-refractivity contribution in [2.24, 2.45) is 0 Å². The van der Waals surface area contributed by atoms with Crippen LogP contribution in [-0.2, 0) is 0 Å². The highest BCUT2D eigenvalue weighted by molar-refractivity contribution is 6.22. The second kappa shape index (κ2) is 7.34. The minimum atomic E-state index is 1.17. The van der Waals surface area contributed by atoms with Gasteiger partial charge >= 0.3 is 0 Å². The SMILES string of the molecule is c1ccc(-n2c3ccc(-c4ccc5[nH]c6ccccc6c5c4)cc3c3c4ccccc4ccc32)cc1. The van der Waals surface area contributed by atoms with E-state index in [2.05, 4.69) is 137 Å². The van der Waals surface area contributed by atoms with E-state index in [4.69, 9.17) is 0 Å². The van der Waals surface area contributed by atoms with E-state index in [0.717, 1.165) is 0 Å². The topological polar surface area (TPSA) is 20.7 Å². The third kappa shape index (κ3) is 2.73. The highest BCUT2D eigenvalue weighted by atomic mass is 15.0. The lowest BCUT2D eigenvalue weighted by Crippen LogP contribution is -1.93. The van der Waals surface area contributed by atoms with Crippen molar-refractivity contribution in [1.29, 1.82) is 0 Å². The number of nitrogens with one attached hydrogen (secondary N) is 1. The number of benzene rings is 6. The van der Waals surface area contributed by atoms with Crippen molar-refractivity contribution in [3.8, 4) is 16.8 Å². The number of rotatable bonds is 2. The van der Waals surface area contributed by atoms with Gasteiger partial charge in [0.05, 0.1) is 11.0 Å². The van der Waals surface area contributed by atoms with Gasteiger partial charge in [-0.15, -0.1) is 0 Å². The van der Waals surface area contributed by atoms with Crippen LogP contribution in [-0.4, -0.2) is 9.55 Å². The van der Waals surface area contributed by atoms with E-state index in [0.29, 0.717) is 0 Å². The molecule has 0 spiro atoms. The molecule has 0 radical (unpaired) electrons. The predicted molar refractivity (Wildman–Crippen MR) is 153 cm³/mol. The molecule has 0 fully saturated rings. The molecule has 0 amide bonds. The Morgan fingerprint density at radius 2 is 1.11 bits per heavy atom. The Kier molecular flexibility index (Phi) is 3.97. The van der Waals surface area contributed by atoms with E-state index in [1.54, 1.807) is 0 Å². The molecule has 0 saturated carbocycles. The first-order valence-corrected chi connectivity index (χ1v) is 12.4. The summed E-state index contributed by atoms with van der Waals surface area (Å²) in [7, 11) is 0. The average Bonchev–Trinajstić information content (AvgIpc) is 3.48. The minimum Gasteiger partial charge on any atom is -0.355 e. The molecule has 0 saturated heterocycles. The average molecular weight is 459 g/mol. The van der Waals surface area contributed by atoms with Crippen LogP contribution >= 0.6 is 0 Å². The highest BCUT2D eigenvalue weighted by Crippen LogP contribution is 2.39. The Morgan fingerprint density at radius 1 is 0.444 bits per heavy atom. The number of aromatic amines is 1. The van der Waals surface area contributed by atoms with Gasteiger partial charge in [-0.1, -0.05) is 78.9 Å². The van der Waals surface area contributed by atoms with Crippen molar-refractivity contribution < 1.29 is 0 Å². The predicted octanol–water partition coefficient (Wildman–Crippen LogP) is 9.24. The Hall–Kier alpha value is -4.82. The molecular weight excluding hydrogens is 436 g/mol. The molecule has 168 valence electrons. The van der Waals surface area contributed by atoms with Gasteiger partial charge in [0.25, 0.3) is 0 Å². The van der Waals surface area contributed by atoms with Crippen LogP contribution in [0, 0.1) is 0 Å². The molecule has 36 heavy (non-hydrogen) atoms. The second-order valence-electron chi connectivity index (χ2n) is 9.51. The van der Waals surface area contributed by atoms with E-state index in [1.807, 2.05) is 0 Å². The summed E-state index contributed by atoms with van der Waals surface area (Å²) in [4.78, 5) is 3.55. The number of hydrogen-bond donors (Lipinski definition) is 1. The van der Waals surface area contributed by atoms with Gasteiger partial charge in [0, 0.05) is 38.3 Å². The highest BCUT2D eigenvalue weighted by Gasteiger charge is 2.16. The zero-order valence-electron chi connectivity index (χ0n) is 19.6. The van der Waals surface area contributed by atoms with E-state index >= 15 is 0 Å². The normalized spacial score (nSPS) is 11.9. The summed E-state index contributed by atoms with van der Waals surface area (Å²) in [6.45, 7) is 0. The van der Waals surface area contributed by atoms with Gasteiger partial charge in [-0.25, -0.2) is 0 Å². The minimum absolute atomic E-state index is 1.17. The maximum Gasteiger partial charge on any atom is 0.0547 e. The largest absolute Gasteiger partial charge is 0.355 e. The lowest BCUT2D eigenvalue weighted by Gasteiger charge is -2.08. The molecule has 0 aliphatic heterocycles. The summed E-state index contributed by atoms with van der Waals surface area (Å²) in [6, 6.07) is 46.1. The molecule has 0 unspecified atom stereocenters. The maximum atomic E-state index is 3.55. The number of aromatic nitrogens is 2. The number of para-hydroxylation sites is 2. The zero-order chi connectivity index (χ0) is 23.6. The zero-order valence-corrected chi connectivity index (χ0v) is 19.6. The van der Waals surface area contributed by atoms with Crippen LogP contribution in [0.3, 0.4) is 0 Å². The van der Waals surface area contributed by atoms with Crippen LogP contribution in [0.4, 0.5) is 0 Å². The molecule has 2 aromatic heterocycles. The first-order valence-electron chi connectivity index (χ1n) is 12.4. The smallest absolute Gasteiger partial charge is 0.0547 e. The summed E-state index contributed by atoms with van der Waals surface area (Å²) in [5.41, 5.74) is 8.46. The third-order valence-corrected chi connectivity index (χ3v) is 7.51. The molecule has 2 nitrogen and oxygen atoms in total. The maximum absolute atomic E-state index is 3.55. The molecule has 2 heterocycles. The van der Waals surface area contributed by atoms with Crippen LogP contribution in [0.2, 0.25) is 0 Å². The van der Waals surface area contributed by atoms with E-state index in [1.165, 1.54) is 71.2 Å². The fourth-order valence-corrected chi connectivity index (χ4v) is 5.85. The van der Waals surface area contributed by atoms with E-state index in [9.17, 15) is 0 Å². The Bertz CT molecular complexity index is 2090. The van der Waals surface area contributed by atoms with Crippen molar-refractivity contribution in [3.05, 3.63) is 127 Å². The molecule has 2 heteroatoms. The fourth-order valence-electron chi connectivity index (χ4n) is 5.85. The van der Waals surface area contributed by atoms with Crippen LogP contribution < -0.4 is 0 Å². The molecule has 1 N–H and O–H groups in total. The molecule has 0 aliphatic rings. The van der Waals surface area contributed by atoms with Gasteiger partial charge in [0.15, 0.2) is 0 Å². The summed E-state index contributed by atoms with van der Waals surface area (Å²) in [6.07, 6.45) is 0. The molecular formula is C34H22N2. The molecule has 6 aromatic carbocycles. The van der Waals surface area contributed by atoms with Crippen LogP contribution in [0.15, 0.2) is 127 Å². The number of nitrogens with zero attached hydrogens (tertiary/aromatic N) is 1. The quantitative estimate of drug-likeness (QED) is 0.266. The summed E-state index contributed by atoms with van der Waals surface area (Å²) >= 11 is 0. The van der Waals surface area contributed by atoms with Gasteiger partial charge in [0.1, 0.15) is 0 Å². The van der Waals surface area contributed by atoms with Gasteiger partial charge in [-0.05, 0) is 70.4 Å². The van der Waals surface area contributed by atoms with Crippen molar-refractivity contribution in [1.82, 2.24) is 9.55 Å². The number of fused-ring (bicyclic) bond motifs is 8. The van der Waals surface area contributed by atoms with Crippen LogP contribution in [0.1, 0.15) is 0 Å². The molecule has 0 atom stereocenters. The first-order chi connectivity index (χ1) is 17.8. The summed E-state index contributed by atoms with van der Waals surface area (Å²) in [5, 5.41) is 7.67. The first kappa shape index (κ1) is 19.5. The summed E-state index contributed by atoms with van der Waals surface area (Å²) < 4.78 is 2.39. The molecule has 0 bridgehead atoms. The number of hydrogen-bond acceptors (Lipinski definition) is 0. The Morgan fingerprint density at radius 3 is 2.00 bits per heavy atom. The number of H-pyrrole nitrogens is 1. The van der Waals surface area contributed by atoms with Crippen LogP contribution in [0.25, 0.3) is 71.2 Å². The van der Waals surface area contributed by atoms with E-state index < -0.39 is 0 Å². The Balaban J connectivity index is 1.45. The lowest BCUT2D eigenvalue weighted by atomic mass is 9.99. The fraction of sp³-hybridized carbons (Fsp3) is 0.